The van der Waals surface area contributed by atoms with E-state index >= 15 is 0 Å². The van der Waals surface area contributed by atoms with Crippen LogP contribution in [0.5, 0.6) is 0 Å². The van der Waals surface area contributed by atoms with Crippen LogP contribution in [0.25, 0.3) is 0 Å². The number of unbranched alkanes of at least 4 members (excludes halogenated alkanes) is 5. The van der Waals surface area contributed by atoms with Gasteiger partial charge in [-0.3, -0.25) is 0 Å². The van der Waals surface area contributed by atoms with E-state index in [2.05, 4.69) is 36.7 Å². The molecule has 0 bridgehead atoms. The average Bonchev–Trinajstić information content (AvgIpc) is 2.44. The smallest absolute Gasteiger partial charge is 0.00313 e. The summed E-state index contributed by atoms with van der Waals surface area (Å²) in [7, 11) is 0. The second-order valence-electron chi connectivity index (χ2n) is 6.31. The molecule has 1 heteroatoms. The molecule has 0 fully saturated rings. The molecule has 0 aromatic rings. The number of alkyl halides is 1. The van der Waals surface area contributed by atoms with E-state index in [0.717, 1.165) is 0 Å². The summed E-state index contributed by atoms with van der Waals surface area (Å²) in [5, 5.41) is 1.18. The molecule has 0 saturated carbocycles. The molecule has 116 valence electrons. The topological polar surface area (TPSA) is 0 Å². The summed E-state index contributed by atoms with van der Waals surface area (Å²) in [6, 6.07) is 0. The molecule has 0 amide bonds. The van der Waals surface area contributed by atoms with Gasteiger partial charge < -0.3 is 0 Å². The fraction of sp³-hybridized carbons (Fsp3) is 1.00. The summed E-state index contributed by atoms with van der Waals surface area (Å²) in [5.74, 6) is 0. The number of rotatable bonds is 14. The van der Waals surface area contributed by atoms with E-state index in [1.807, 2.05) is 0 Å². The van der Waals surface area contributed by atoms with Crippen molar-refractivity contribution < 1.29 is 0 Å². The summed E-state index contributed by atoms with van der Waals surface area (Å²) in [5.41, 5.74) is 0.689. The lowest BCUT2D eigenvalue weighted by molar-refractivity contribution is 0.176. The molecule has 0 aliphatic carbocycles. The van der Waals surface area contributed by atoms with Gasteiger partial charge in [-0.25, -0.2) is 0 Å². The molecule has 0 unspecified atom stereocenters. The van der Waals surface area contributed by atoms with Crippen LogP contribution >= 0.6 is 15.9 Å². The normalized spacial score (nSPS) is 12.0. The molecular weight excluding hydrogens is 296 g/mol. The van der Waals surface area contributed by atoms with Crippen LogP contribution in [0.3, 0.4) is 0 Å². The molecule has 0 radical (unpaired) electrons. The molecule has 0 aromatic carbocycles. The molecule has 0 aromatic heterocycles. The summed E-state index contributed by atoms with van der Waals surface area (Å²) < 4.78 is 0. The minimum absolute atomic E-state index is 0.689. The quantitative estimate of drug-likeness (QED) is 0.228. The first-order valence-electron chi connectivity index (χ1n) is 8.80. The lowest BCUT2D eigenvalue weighted by Gasteiger charge is -2.35. The molecule has 0 rings (SSSR count). The second kappa shape index (κ2) is 13.5. The van der Waals surface area contributed by atoms with Crippen molar-refractivity contribution in [2.75, 3.05) is 5.33 Å². The highest BCUT2D eigenvalue weighted by Gasteiger charge is 2.27. The van der Waals surface area contributed by atoms with Crippen molar-refractivity contribution in [2.45, 2.75) is 104 Å². The van der Waals surface area contributed by atoms with Gasteiger partial charge in [0, 0.05) is 5.33 Å². The minimum Gasteiger partial charge on any atom is -0.0928 e. The van der Waals surface area contributed by atoms with Crippen LogP contribution < -0.4 is 0 Å². The van der Waals surface area contributed by atoms with Gasteiger partial charge in [-0.1, -0.05) is 88.1 Å². The Balaban J connectivity index is 4.38. The van der Waals surface area contributed by atoms with Crippen molar-refractivity contribution in [3.63, 3.8) is 0 Å². The molecule has 19 heavy (non-hydrogen) atoms. The Hall–Kier alpha value is 0.480. The molecule has 0 nitrogen and oxygen atoms in total. The van der Waals surface area contributed by atoms with Crippen molar-refractivity contribution in [3.05, 3.63) is 0 Å². The third-order valence-corrected chi connectivity index (χ3v) is 5.08. The van der Waals surface area contributed by atoms with E-state index in [4.69, 9.17) is 0 Å². The maximum Gasteiger partial charge on any atom is 0.00313 e. The van der Waals surface area contributed by atoms with Gasteiger partial charge in [-0.05, 0) is 37.5 Å². The Bertz CT molecular complexity index is 155. The van der Waals surface area contributed by atoms with Crippen LogP contribution in [0.4, 0.5) is 0 Å². The number of hydrogen-bond acceptors (Lipinski definition) is 0. The van der Waals surface area contributed by atoms with Crippen LogP contribution in [0.2, 0.25) is 0 Å². The van der Waals surface area contributed by atoms with Crippen LogP contribution in [0, 0.1) is 5.41 Å². The molecule has 0 aliphatic heterocycles. The Labute approximate surface area is 131 Å². The van der Waals surface area contributed by atoms with Crippen LogP contribution in [-0.4, -0.2) is 5.33 Å². The van der Waals surface area contributed by atoms with E-state index in [1.54, 1.807) is 0 Å². The van der Waals surface area contributed by atoms with Crippen molar-refractivity contribution in [1.29, 1.82) is 0 Å². The SMILES string of the molecule is CCCCC(CCCC)(CCCC)CCCCCBr. The van der Waals surface area contributed by atoms with E-state index < -0.39 is 0 Å². The van der Waals surface area contributed by atoms with Crippen molar-refractivity contribution >= 4 is 15.9 Å². The molecule has 0 aliphatic rings. The van der Waals surface area contributed by atoms with Gasteiger partial charge in [0.2, 0.25) is 0 Å². The maximum absolute atomic E-state index is 3.56. The van der Waals surface area contributed by atoms with E-state index in [1.165, 1.54) is 88.8 Å². The van der Waals surface area contributed by atoms with Gasteiger partial charge in [-0.2, -0.15) is 0 Å². The largest absolute Gasteiger partial charge is 0.0928 e. The highest BCUT2D eigenvalue weighted by molar-refractivity contribution is 9.09. The Morgan fingerprint density at radius 1 is 0.579 bits per heavy atom. The second-order valence-corrected chi connectivity index (χ2v) is 7.10. The van der Waals surface area contributed by atoms with Gasteiger partial charge in [-0.15, -0.1) is 0 Å². The van der Waals surface area contributed by atoms with Gasteiger partial charge in [0.25, 0.3) is 0 Å². The highest BCUT2D eigenvalue weighted by Crippen LogP contribution is 2.41. The molecule has 0 atom stereocenters. The predicted molar refractivity (Wildman–Crippen MR) is 93.3 cm³/mol. The van der Waals surface area contributed by atoms with Crippen molar-refractivity contribution in [2.24, 2.45) is 5.41 Å². The summed E-state index contributed by atoms with van der Waals surface area (Å²) in [6.45, 7) is 7.03. The lowest BCUT2D eigenvalue weighted by atomic mass is 9.71. The van der Waals surface area contributed by atoms with Crippen LogP contribution in [0.15, 0.2) is 0 Å². The Kier molecular flexibility index (Phi) is 13.8. The van der Waals surface area contributed by atoms with E-state index in [-0.39, 0.29) is 0 Å². The zero-order chi connectivity index (χ0) is 14.4. The van der Waals surface area contributed by atoms with Gasteiger partial charge in [0.15, 0.2) is 0 Å². The van der Waals surface area contributed by atoms with Gasteiger partial charge in [0.1, 0.15) is 0 Å². The first kappa shape index (κ1) is 19.5. The Morgan fingerprint density at radius 3 is 1.37 bits per heavy atom. The predicted octanol–water partition coefficient (Wildman–Crippen LogP) is 7.50. The Morgan fingerprint density at radius 2 is 1.00 bits per heavy atom. The van der Waals surface area contributed by atoms with Gasteiger partial charge in [0.05, 0.1) is 0 Å². The van der Waals surface area contributed by atoms with Crippen molar-refractivity contribution in [1.82, 2.24) is 0 Å². The molecule has 0 heterocycles. The van der Waals surface area contributed by atoms with E-state index in [0.29, 0.717) is 5.41 Å². The molecular formula is C18H37Br. The van der Waals surface area contributed by atoms with Crippen molar-refractivity contribution in [3.8, 4) is 0 Å². The van der Waals surface area contributed by atoms with Gasteiger partial charge >= 0.3 is 0 Å². The fourth-order valence-corrected chi connectivity index (χ4v) is 3.57. The third-order valence-electron chi connectivity index (χ3n) is 4.52. The summed E-state index contributed by atoms with van der Waals surface area (Å²) >= 11 is 3.56. The summed E-state index contributed by atoms with van der Waals surface area (Å²) in [6.07, 6.45) is 18.5. The standard InChI is InChI=1S/C18H37Br/c1-4-7-13-18(14-8-5-2,15-9-6-3)16-11-10-12-17-19/h4-17H2,1-3H3. The fourth-order valence-electron chi connectivity index (χ4n) is 3.18. The highest BCUT2D eigenvalue weighted by atomic mass is 79.9. The zero-order valence-electron chi connectivity index (χ0n) is 13.8. The van der Waals surface area contributed by atoms with Crippen LogP contribution in [0.1, 0.15) is 104 Å². The first-order chi connectivity index (χ1) is 9.24. The number of halogens is 1. The molecule has 0 N–H and O–H groups in total. The lowest BCUT2D eigenvalue weighted by Crippen LogP contribution is -2.21. The molecule has 0 spiro atoms. The minimum atomic E-state index is 0.689. The zero-order valence-corrected chi connectivity index (χ0v) is 15.4. The third kappa shape index (κ3) is 9.93. The monoisotopic (exact) mass is 332 g/mol. The molecule has 0 saturated heterocycles. The number of hydrogen-bond donors (Lipinski definition) is 0. The van der Waals surface area contributed by atoms with Crippen LogP contribution in [-0.2, 0) is 0 Å². The first-order valence-corrected chi connectivity index (χ1v) is 9.92. The average molecular weight is 333 g/mol. The summed E-state index contributed by atoms with van der Waals surface area (Å²) in [4.78, 5) is 0. The van der Waals surface area contributed by atoms with E-state index in [9.17, 15) is 0 Å². The maximum atomic E-state index is 3.56.